The highest BCUT2D eigenvalue weighted by molar-refractivity contribution is 7.89. The van der Waals surface area contributed by atoms with Gasteiger partial charge in [-0.3, -0.25) is 0 Å². The van der Waals surface area contributed by atoms with Crippen molar-refractivity contribution < 1.29 is 26.3 Å². The number of rotatable bonds is 6. The van der Waals surface area contributed by atoms with Crippen molar-refractivity contribution in [3.63, 3.8) is 0 Å². The quantitative estimate of drug-likeness (QED) is 0.801. The summed E-state index contributed by atoms with van der Waals surface area (Å²) in [5, 5.41) is 3.01. The van der Waals surface area contributed by atoms with Gasteiger partial charge in [-0.2, -0.15) is 17.5 Å². The number of ether oxygens (including phenoxy) is 1. The van der Waals surface area contributed by atoms with Crippen LogP contribution in [0.3, 0.4) is 0 Å². The maximum Gasteiger partial charge on any atom is 0.422 e. The van der Waals surface area contributed by atoms with Crippen LogP contribution in [0.1, 0.15) is 6.42 Å². The summed E-state index contributed by atoms with van der Waals surface area (Å²) in [5.41, 5.74) is 0. The fraction of sp³-hybridized carbons (Fsp3) is 0.615. The highest BCUT2D eigenvalue weighted by Crippen LogP contribution is 2.25. The van der Waals surface area contributed by atoms with Gasteiger partial charge in [-0.15, -0.1) is 12.4 Å². The molecule has 1 atom stereocenters. The maximum absolute atomic E-state index is 12.5. The molecule has 24 heavy (non-hydrogen) atoms. The molecular formula is C13H19ClF3N3O3S. The second-order valence-electron chi connectivity index (χ2n) is 5.31. The van der Waals surface area contributed by atoms with Crippen molar-refractivity contribution in [2.45, 2.75) is 17.5 Å². The van der Waals surface area contributed by atoms with E-state index in [0.717, 1.165) is 25.2 Å². The Bertz CT molecular complexity index is 626. The summed E-state index contributed by atoms with van der Waals surface area (Å²) in [6.45, 7) is 0.0922. The average Bonchev–Trinajstić information content (AvgIpc) is 2.95. The number of halogens is 4. The van der Waals surface area contributed by atoms with Crippen LogP contribution in [-0.4, -0.2) is 57.2 Å². The molecule has 1 aromatic rings. The smallest absolute Gasteiger partial charge is 0.422 e. The lowest BCUT2D eigenvalue weighted by Gasteiger charge is -2.16. The van der Waals surface area contributed by atoms with Crippen LogP contribution in [0.25, 0.3) is 0 Å². The SMILES string of the molecule is CNCC1CCN(S(=O)(=O)c2ccc(OCC(F)(F)F)nc2)C1.Cl. The van der Waals surface area contributed by atoms with Gasteiger partial charge in [0.2, 0.25) is 15.9 Å². The molecule has 0 bridgehead atoms. The van der Waals surface area contributed by atoms with Crippen LogP contribution in [-0.2, 0) is 10.0 Å². The molecule has 1 fully saturated rings. The number of hydrogen-bond donors (Lipinski definition) is 1. The Hall–Kier alpha value is -1.10. The highest BCUT2D eigenvalue weighted by atomic mass is 35.5. The fourth-order valence-corrected chi connectivity index (χ4v) is 3.86. The molecule has 1 aliphatic heterocycles. The van der Waals surface area contributed by atoms with Crippen molar-refractivity contribution in [3.8, 4) is 5.88 Å². The first-order valence-electron chi connectivity index (χ1n) is 7.03. The molecule has 1 N–H and O–H groups in total. The van der Waals surface area contributed by atoms with E-state index in [4.69, 9.17) is 0 Å². The van der Waals surface area contributed by atoms with E-state index in [9.17, 15) is 21.6 Å². The largest absolute Gasteiger partial charge is 0.468 e. The molecule has 0 amide bonds. The van der Waals surface area contributed by atoms with Crippen molar-refractivity contribution in [3.05, 3.63) is 18.3 Å². The molecule has 2 heterocycles. The van der Waals surface area contributed by atoms with Crippen LogP contribution in [0.2, 0.25) is 0 Å². The molecule has 1 unspecified atom stereocenters. The standard InChI is InChI=1S/C13H18F3N3O3S.ClH/c1-17-6-10-4-5-19(8-10)23(20,21)11-2-3-12(18-7-11)22-9-13(14,15)16;/h2-3,7,10,17H,4-6,8-9H2,1H3;1H. The zero-order valence-electron chi connectivity index (χ0n) is 12.9. The fourth-order valence-electron chi connectivity index (χ4n) is 2.38. The molecule has 2 rings (SSSR count). The van der Waals surface area contributed by atoms with Gasteiger partial charge in [0.05, 0.1) is 6.20 Å². The van der Waals surface area contributed by atoms with Crippen molar-refractivity contribution >= 4 is 22.4 Å². The minimum atomic E-state index is -4.47. The second kappa shape index (κ2) is 8.32. The lowest BCUT2D eigenvalue weighted by molar-refractivity contribution is -0.154. The van der Waals surface area contributed by atoms with Crippen LogP contribution in [0.15, 0.2) is 23.2 Å². The highest BCUT2D eigenvalue weighted by Gasteiger charge is 2.32. The summed E-state index contributed by atoms with van der Waals surface area (Å²) in [4.78, 5) is 3.58. The Morgan fingerprint density at radius 2 is 2.12 bits per heavy atom. The van der Waals surface area contributed by atoms with Gasteiger partial charge >= 0.3 is 6.18 Å². The van der Waals surface area contributed by atoms with Gasteiger partial charge < -0.3 is 10.1 Å². The molecule has 0 spiro atoms. The van der Waals surface area contributed by atoms with E-state index >= 15 is 0 Å². The van der Waals surface area contributed by atoms with E-state index < -0.39 is 22.8 Å². The van der Waals surface area contributed by atoms with E-state index in [1.54, 1.807) is 7.05 Å². The summed E-state index contributed by atoms with van der Waals surface area (Å²) >= 11 is 0. The lowest BCUT2D eigenvalue weighted by Crippen LogP contribution is -2.30. The molecule has 0 aliphatic carbocycles. The van der Waals surface area contributed by atoms with Crippen LogP contribution < -0.4 is 10.1 Å². The van der Waals surface area contributed by atoms with Crippen molar-refractivity contribution in [1.82, 2.24) is 14.6 Å². The molecular weight excluding hydrogens is 371 g/mol. The van der Waals surface area contributed by atoms with Crippen LogP contribution in [0.4, 0.5) is 13.2 Å². The predicted molar refractivity (Wildman–Crippen MR) is 83.8 cm³/mol. The predicted octanol–water partition coefficient (Wildman–Crippen LogP) is 1.67. The van der Waals surface area contributed by atoms with Gasteiger partial charge in [0, 0.05) is 19.2 Å². The molecule has 0 aromatic carbocycles. The van der Waals surface area contributed by atoms with E-state index in [1.165, 1.54) is 10.4 Å². The molecule has 1 saturated heterocycles. The molecule has 1 aromatic heterocycles. The molecule has 6 nitrogen and oxygen atoms in total. The van der Waals surface area contributed by atoms with Gasteiger partial charge in [0.15, 0.2) is 6.61 Å². The number of nitrogens with zero attached hydrogens (tertiary/aromatic N) is 2. The summed E-state index contributed by atoms with van der Waals surface area (Å²) in [7, 11) is -1.88. The minimum absolute atomic E-state index is 0. The average molecular weight is 390 g/mol. The second-order valence-corrected chi connectivity index (χ2v) is 7.25. The third kappa shape index (κ3) is 5.47. The first kappa shape index (κ1) is 20.9. The van der Waals surface area contributed by atoms with Gasteiger partial charge in [-0.05, 0) is 32.0 Å². The number of pyridine rings is 1. The lowest BCUT2D eigenvalue weighted by atomic mass is 10.1. The molecule has 11 heteroatoms. The summed E-state index contributed by atoms with van der Waals surface area (Å²) in [5.74, 6) is -0.0205. The number of sulfonamides is 1. The molecule has 1 aliphatic rings. The van der Waals surface area contributed by atoms with Gasteiger partial charge in [0.25, 0.3) is 0 Å². The molecule has 0 radical (unpaired) electrons. The van der Waals surface area contributed by atoms with Crippen LogP contribution in [0, 0.1) is 5.92 Å². The Labute approximate surface area is 144 Å². The van der Waals surface area contributed by atoms with E-state index in [-0.39, 0.29) is 29.1 Å². The monoisotopic (exact) mass is 389 g/mol. The Kier molecular flexibility index (Phi) is 7.26. The summed E-state index contributed by atoms with van der Waals surface area (Å²) in [6.07, 6.45) is -2.68. The number of alkyl halides is 3. The van der Waals surface area contributed by atoms with Crippen molar-refractivity contribution in [2.75, 3.05) is 33.3 Å². The third-order valence-electron chi connectivity index (χ3n) is 3.47. The van der Waals surface area contributed by atoms with Crippen molar-refractivity contribution in [1.29, 1.82) is 0 Å². The zero-order chi connectivity index (χ0) is 17.1. The number of hydrogen-bond acceptors (Lipinski definition) is 5. The van der Waals surface area contributed by atoms with E-state index in [1.807, 2.05) is 0 Å². The maximum atomic E-state index is 12.5. The van der Waals surface area contributed by atoms with Gasteiger partial charge in [0.1, 0.15) is 4.90 Å². The Morgan fingerprint density at radius 3 is 2.67 bits per heavy atom. The summed E-state index contributed by atoms with van der Waals surface area (Å²) < 4.78 is 66.9. The van der Waals surface area contributed by atoms with E-state index in [2.05, 4.69) is 15.0 Å². The van der Waals surface area contributed by atoms with Gasteiger partial charge in [-0.1, -0.05) is 0 Å². The minimum Gasteiger partial charge on any atom is -0.468 e. The molecule has 0 saturated carbocycles. The van der Waals surface area contributed by atoms with Crippen LogP contribution in [0.5, 0.6) is 5.88 Å². The first-order chi connectivity index (χ1) is 10.7. The number of aromatic nitrogens is 1. The van der Waals surface area contributed by atoms with Crippen molar-refractivity contribution in [2.24, 2.45) is 5.92 Å². The summed E-state index contributed by atoms with van der Waals surface area (Å²) in [6, 6.07) is 2.33. The normalized spacial score (nSPS) is 19.1. The van der Waals surface area contributed by atoms with E-state index in [0.29, 0.717) is 13.1 Å². The van der Waals surface area contributed by atoms with Crippen LogP contribution >= 0.6 is 12.4 Å². The number of nitrogens with one attached hydrogen (secondary N) is 1. The molecule has 138 valence electrons. The Balaban J connectivity index is 0.00000288. The van der Waals surface area contributed by atoms with Gasteiger partial charge in [-0.25, -0.2) is 13.4 Å². The topological polar surface area (TPSA) is 71.5 Å². The third-order valence-corrected chi connectivity index (χ3v) is 5.32. The Morgan fingerprint density at radius 1 is 1.42 bits per heavy atom. The first-order valence-corrected chi connectivity index (χ1v) is 8.47. The zero-order valence-corrected chi connectivity index (χ0v) is 14.5.